The molecule has 3 aromatic carbocycles. The molecule has 16 rings (SSSR count). The van der Waals surface area contributed by atoms with Gasteiger partial charge in [-0.05, 0) is 236 Å². The van der Waals surface area contributed by atoms with Gasteiger partial charge in [-0.15, -0.1) is 0 Å². The molecule has 0 aliphatic carbocycles. The number of aromatic nitrogens is 15. The molecule has 1 aliphatic heterocycles. The molecule has 0 spiro atoms. The molecule has 1 saturated heterocycles. The monoisotopic (exact) mass is 1800 g/mol. The number of rotatable bonds is 18. The molecule has 0 bridgehead atoms. The zero-order chi connectivity index (χ0) is 87.7. The molecule has 1 aliphatic rings. The average Bonchev–Trinajstić information content (AvgIpc) is 1.19. The normalized spacial score (nSPS) is 12.8. The molecule has 1 N–H and O–H groups in total. The predicted molar refractivity (Wildman–Crippen MR) is 486 cm³/mol. The summed E-state index contributed by atoms with van der Waals surface area (Å²) in [5.41, 5.74) is 11.7. The van der Waals surface area contributed by atoms with E-state index in [0.717, 1.165) is 94.8 Å². The van der Waals surface area contributed by atoms with Crippen LogP contribution >= 0.6 is 50.7 Å². The summed E-state index contributed by atoms with van der Waals surface area (Å²) < 4.78 is 72.8. The number of benzene rings is 3. The number of nitrogens with one attached hydrogen (secondary N) is 1. The summed E-state index contributed by atoms with van der Waals surface area (Å²) in [6.45, 7) is 22.8. The highest BCUT2D eigenvalue weighted by atomic mass is 79.9. The van der Waals surface area contributed by atoms with E-state index in [1.54, 1.807) is 109 Å². The SMILES string of the molecule is C.CN(CCn1cc(-c2cncc(-c3cc(-c4cc(Cl)ccc4F)nc4ncccc34)c2)cn1)C(=O)OC(C)(C)C.CN(CCn1cc(B2OC(C)(C)C(C)(C)O2)cn1)C(=O)OC(C)(C)C.CNCCn1cc(-c2cncc(-c3cc(-c4cc(Cl)ccc4F)nc4ncccc34)c2)cn1.Fc1ccc(Cl)cc1-c1cc(-c2cncc(Br)c2)c2cccnc2n1. The summed E-state index contributed by atoms with van der Waals surface area (Å²) in [5, 5.41) is 20.2. The number of likely N-dealkylation sites (N-methyl/N-ethyl adjacent to an activating group) is 3. The lowest BCUT2D eigenvalue weighted by Gasteiger charge is -2.32. The molecular weight excluding hydrogens is 1710 g/mol. The zero-order valence-electron chi connectivity index (χ0n) is 69.8. The number of amides is 2. The molecule has 24 nitrogen and oxygen atoms in total. The van der Waals surface area contributed by atoms with Crippen molar-refractivity contribution in [1.29, 1.82) is 0 Å². The lowest BCUT2D eigenvalue weighted by Crippen LogP contribution is -2.41. The number of carbonyl (C=O) groups excluding carboxylic acids is 2. The lowest BCUT2D eigenvalue weighted by molar-refractivity contribution is 0.00578. The van der Waals surface area contributed by atoms with Crippen LogP contribution in [0.2, 0.25) is 15.1 Å². The quantitative estimate of drug-likeness (QED) is 0.0783. The van der Waals surface area contributed by atoms with Gasteiger partial charge in [0, 0.05) is 211 Å². The van der Waals surface area contributed by atoms with Crippen molar-refractivity contribution in [3.05, 3.63) is 257 Å². The van der Waals surface area contributed by atoms with Crippen molar-refractivity contribution < 1.29 is 41.5 Å². The highest BCUT2D eigenvalue weighted by Crippen LogP contribution is 2.40. The predicted octanol–water partition coefficient (Wildman–Crippen LogP) is 20.7. The average molecular weight is 1800 g/mol. The van der Waals surface area contributed by atoms with Crippen LogP contribution in [0.25, 0.3) is 123 Å². The summed E-state index contributed by atoms with van der Waals surface area (Å²) in [4.78, 5) is 67.3. The van der Waals surface area contributed by atoms with Crippen LogP contribution in [0.5, 0.6) is 0 Å². The zero-order valence-corrected chi connectivity index (χ0v) is 73.7. The van der Waals surface area contributed by atoms with Crippen molar-refractivity contribution in [2.24, 2.45) is 0 Å². The molecule has 0 atom stereocenters. The molecule has 15 aromatic rings. The molecule has 124 heavy (non-hydrogen) atoms. The first-order valence-electron chi connectivity index (χ1n) is 39.2. The van der Waals surface area contributed by atoms with Gasteiger partial charge in [-0.25, -0.2) is 52.7 Å². The van der Waals surface area contributed by atoms with Gasteiger partial charge in [0.05, 0.1) is 60.3 Å². The molecule has 2 amide bonds. The van der Waals surface area contributed by atoms with Gasteiger partial charge < -0.3 is 33.9 Å². The third kappa shape index (κ3) is 22.7. The molecule has 12 aromatic heterocycles. The molecule has 0 saturated carbocycles. The van der Waals surface area contributed by atoms with Crippen LogP contribution in [-0.4, -0.2) is 166 Å². The highest BCUT2D eigenvalue weighted by Gasteiger charge is 2.52. The first-order valence-corrected chi connectivity index (χ1v) is 41.2. The number of nitrogens with zero attached hydrogens (tertiary/aromatic N) is 17. The van der Waals surface area contributed by atoms with Gasteiger partial charge in [-0.1, -0.05) is 42.2 Å². The maximum atomic E-state index is 14.7. The first-order chi connectivity index (χ1) is 58.6. The number of carbonyl (C=O) groups is 2. The van der Waals surface area contributed by atoms with E-state index in [-0.39, 0.29) is 36.6 Å². The van der Waals surface area contributed by atoms with Crippen LogP contribution < -0.4 is 10.8 Å². The van der Waals surface area contributed by atoms with Crippen molar-refractivity contribution in [3.8, 4) is 89.4 Å². The summed E-state index contributed by atoms with van der Waals surface area (Å²) >= 11 is 21.8. The van der Waals surface area contributed by atoms with Crippen LogP contribution in [0.4, 0.5) is 22.8 Å². The Bertz CT molecular complexity index is 6330. The van der Waals surface area contributed by atoms with Gasteiger partial charge >= 0.3 is 19.3 Å². The van der Waals surface area contributed by atoms with E-state index in [9.17, 15) is 22.8 Å². The van der Waals surface area contributed by atoms with E-state index in [0.29, 0.717) is 92.0 Å². The molecule has 32 heteroatoms. The Morgan fingerprint density at radius 2 is 0.823 bits per heavy atom. The molecule has 0 radical (unpaired) electrons. The van der Waals surface area contributed by atoms with Crippen LogP contribution in [0.15, 0.2) is 225 Å². The highest BCUT2D eigenvalue weighted by molar-refractivity contribution is 9.10. The first kappa shape index (κ1) is 91.3. The Kier molecular flexibility index (Phi) is 28.9. The van der Waals surface area contributed by atoms with E-state index in [2.05, 4.69) is 81.4 Å². The van der Waals surface area contributed by atoms with E-state index in [1.165, 1.54) is 41.3 Å². The molecular formula is C92H92BBrCl3F3N18O6. The Hall–Kier alpha value is -12.0. The van der Waals surface area contributed by atoms with E-state index in [4.69, 9.17) is 53.6 Å². The topological polar surface area (TPSA) is 259 Å². The largest absolute Gasteiger partial charge is 0.498 e. The Balaban J connectivity index is 0.000000153. The second-order valence-electron chi connectivity index (χ2n) is 32.0. The third-order valence-corrected chi connectivity index (χ3v) is 21.1. The van der Waals surface area contributed by atoms with Crippen LogP contribution in [0, 0.1) is 17.5 Å². The Morgan fingerprint density at radius 1 is 0.468 bits per heavy atom. The minimum absolute atomic E-state index is 0. The standard InChI is InChI=1S/C30H28ClFN6O2.C25H20ClFN6.C19H10BrClFN3.C17H30BN3O4.CH4/c1-30(2,3)40-29(39)37(4)10-11-38-18-21(17-35-38)19-12-20(16-33-15-19)24-14-27(25-13-22(31)7-8-26(25)32)36-28-23(24)6-5-9-34-28;1-28-7-8-33-15-18(14-31-33)16-9-17(13-29-12-16)21-11-24(22-10-19(26)4-5-23(22)27)32-25-20(21)3-2-6-30-25;20-12-6-11(9-23-10-12)15-8-18(16-7-13(21)3-4-17(16)22)25-19-14(15)2-1-5-24-19;1-15(2,3)23-14(22)20(8)9-10-21-12-13(11-19-21)18-24-16(4,5)17(6,7)25-18;/h5-9,12-18H,10-11H2,1-4H3;2-6,9-15,28H,7-8H2,1H3;1-10H;11-12H,9-10H2,1-8H3;1H4. The number of hydrogen-bond acceptors (Lipinski definition) is 19. The van der Waals surface area contributed by atoms with Crippen molar-refractivity contribution in [2.75, 3.05) is 40.8 Å². The Labute approximate surface area is 740 Å². The van der Waals surface area contributed by atoms with Crippen molar-refractivity contribution >= 4 is 109 Å². The fraction of sp³-hybridized carbons (Fsp3) is 0.261. The van der Waals surface area contributed by atoms with Crippen molar-refractivity contribution in [1.82, 2.24) is 89.3 Å². The Morgan fingerprint density at radius 3 is 1.20 bits per heavy atom. The summed E-state index contributed by atoms with van der Waals surface area (Å²) in [6, 6.07) is 36.1. The smallest absolute Gasteiger partial charge is 0.444 e. The van der Waals surface area contributed by atoms with Crippen molar-refractivity contribution in [2.45, 2.75) is 119 Å². The number of fused-ring (bicyclic) bond motifs is 3. The van der Waals surface area contributed by atoms with Gasteiger partial charge in [0.25, 0.3) is 0 Å². The van der Waals surface area contributed by atoms with E-state index in [1.807, 2.05) is 185 Å². The van der Waals surface area contributed by atoms with Crippen LogP contribution in [-0.2, 0) is 38.4 Å². The molecule has 638 valence electrons. The number of pyridine rings is 9. The summed E-state index contributed by atoms with van der Waals surface area (Å²) in [6.07, 6.45) is 26.0. The van der Waals surface area contributed by atoms with Gasteiger partial charge in [-0.3, -0.25) is 29.0 Å². The second kappa shape index (κ2) is 39.3. The minimum Gasteiger partial charge on any atom is -0.444 e. The number of hydrogen-bond donors (Lipinski definition) is 1. The van der Waals surface area contributed by atoms with E-state index >= 15 is 0 Å². The van der Waals surface area contributed by atoms with Gasteiger partial charge in [0.2, 0.25) is 0 Å². The van der Waals surface area contributed by atoms with Gasteiger partial charge in [0.15, 0.2) is 16.9 Å². The fourth-order valence-electron chi connectivity index (χ4n) is 12.9. The fourth-order valence-corrected chi connectivity index (χ4v) is 13.8. The van der Waals surface area contributed by atoms with Crippen LogP contribution in [0.3, 0.4) is 0 Å². The summed E-state index contributed by atoms with van der Waals surface area (Å²) in [5.74, 6) is -1.20. The minimum atomic E-state index is -0.554. The summed E-state index contributed by atoms with van der Waals surface area (Å²) in [7, 11) is 4.90. The molecule has 1 fully saturated rings. The number of ether oxygens (including phenoxy) is 2. The number of halogens is 7. The molecule has 0 unspecified atom stereocenters. The van der Waals surface area contributed by atoms with Gasteiger partial charge in [-0.2, -0.15) is 15.3 Å². The van der Waals surface area contributed by atoms with Crippen molar-refractivity contribution in [3.63, 3.8) is 0 Å². The molecule has 13 heterocycles. The lowest BCUT2D eigenvalue weighted by atomic mass is 9.82. The second-order valence-corrected chi connectivity index (χ2v) is 34.2. The third-order valence-electron chi connectivity index (χ3n) is 19.9. The van der Waals surface area contributed by atoms with Gasteiger partial charge in [0.1, 0.15) is 28.7 Å². The maximum absolute atomic E-state index is 14.7. The van der Waals surface area contributed by atoms with E-state index < -0.39 is 30.0 Å². The van der Waals surface area contributed by atoms with Crippen LogP contribution in [0.1, 0.15) is 76.7 Å². The maximum Gasteiger partial charge on any atom is 0.498 e.